The summed E-state index contributed by atoms with van der Waals surface area (Å²) in [6, 6.07) is 18.2. The Morgan fingerprint density at radius 3 is 2.39 bits per heavy atom. The molecule has 0 radical (unpaired) electrons. The molecule has 0 aliphatic heterocycles. The number of hydrogen-bond acceptors (Lipinski definition) is 2. The van der Waals surface area contributed by atoms with E-state index in [1.165, 1.54) is 16.7 Å². The van der Waals surface area contributed by atoms with Gasteiger partial charge in [0.2, 0.25) is 0 Å². The van der Waals surface area contributed by atoms with Crippen molar-refractivity contribution in [3.63, 3.8) is 0 Å². The van der Waals surface area contributed by atoms with Gasteiger partial charge in [0, 0.05) is 13.1 Å². The molecular weight excluding hydrogens is 220 g/mol. The minimum absolute atomic E-state index is 0.706. The summed E-state index contributed by atoms with van der Waals surface area (Å²) in [7, 11) is 0. The van der Waals surface area contributed by atoms with Crippen molar-refractivity contribution < 1.29 is 0 Å². The predicted octanol–water partition coefficient (Wildman–Crippen LogP) is 3.16. The Bertz CT molecular complexity index is 550. The van der Waals surface area contributed by atoms with Gasteiger partial charge in [-0.05, 0) is 35.7 Å². The van der Waals surface area contributed by atoms with E-state index in [-0.39, 0.29) is 0 Å². The van der Waals surface area contributed by atoms with E-state index in [1.54, 1.807) is 0 Å². The quantitative estimate of drug-likeness (QED) is 0.885. The zero-order chi connectivity index (χ0) is 12.8. The molecule has 0 bridgehead atoms. The molecule has 0 saturated heterocycles. The number of hydrogen-bond donors (Lipinski definition) is 1. The van der Waals surface area contributed by atoms with Crippen molar-refractivity contribution in [2.75, 3.05) is 0 Å². The number of rotatable bonds is 4. The van der Waals surface area contributed by atoms with Gasteiger partial charge in [0.25, 0.3) is 0 Å². The van der Waals surface area contributed by atoms with Crippen LogP contribution in [0.1, 0.15) is 22.3 Å². The van der Waals surface area contributed by atoms with Crippen LogP contribution >= 0.6 is 0 Å². The second kappa shape index (κ2) is 6.00. The summed E-state index contributed by atoms with van der Waals surface area (Å²) in [6.45, 7) is 3.81. The molecular formula is C16H16N2. The van der Waals surface area contributed by atoms with Crippen LogP contribution in [-0.4, -0.2) is 0 Å². The summed E-state index contributed by atoms with van der Waals surface area (Å²) >= 11 is 0. The first kappa shape index (κ1) is 12.3. The molecule has 0 aliphatic rings. The van der Waals surface area contributed by atoms with E-state index in [1.807, 2.05) is 24.3 Å². The van der Waals surface area contributed by atoms with Crippen LogP contribution in [0.5, 0.6) is 0 Å². The third kappa shape index (κ3) is 3.19. The van der Waals surface area contributed by atoms with Crippen molar-refractivity contribution in [3.8, 4) is 6.07 Å². The van der Waals surface area contributed by atoms with E-state index in [2.05, 4.69) is 42.6 Å². The maximum atomic E-state index is 8.72. The summed E-state index contributed by atoms with van der Waals surface area (Å²) in [4.78, 5) is 0. The zero-order valence-corrected chi connectivity index (χ0v) is 10.5. The van der Waals surface area contributed by atoms with E-state index in [0.717, 1.165) is 13.1 Å². The molecule has 0 atom stereocenters. The molecule has 2 rings (SSSR count). The molecule has 2 heteroatoms. The Kier molecular flexibility index (Phi) is 4.11. The lowest BCUT2D eigenvalue weighted by Gasteiger charge is -2.07. The van der Waals surface area contributed by atoms with Crippen LogP contribution in [0.2, 0.25) is 0 Å². The predicted molar refractivity (Wildman–Crippen MR) is 72.9 cm³/mol. The van der Waals surface area contributed by atoms with Crippen LogP contribution in [0, 0.1) is 18.3 Å². The van der Waals surface area contributed by atoms with Crippen molar-refractivity contribution in [1.82, 2.24) is 5.32 Å². The number of aryl methyl sites for hydroxylation is 1. The average Bonchev–Trinajstić information content (AvgIpc) is 2.42. The standard InChI is InChI=1S/C16H16N2/c1-13-4-2-3-5-16(13)12-18-11-15-8-6-14(10-17)7-9-15/h2-9,18H,11-12H2,1H3. The molecule has 0 heterocycles. The van der Waals surface area contributed by atoms with Gasteiger partial charge in [-0.15, -0.1) is 0 Å². The van der Waals surface area contributed by atoms with Crippen LogP contribution in [0.25, 0.3) is 0 Å². The molecule has 2 nitrogen and oxygen atoms in total. The molecule has 0 unspecified atom stereocenters. The topological polar surface area (TPSA) is 35.8 Å². The lowest BCUT2D eigenvalue weighted by molar-refractivity contribution is 0.690. The number of benzene rings is 2. The monoisotopic (exact) mass is 236 g/mol. The Morgan fingerprint density at radius 1 is 1.00 bits per heavy atom. The minimum Gasteiger partial charge on any atom is -0.309 e. The van der Waals surface area contributed by atoms with Crippen LogP contribution in [0.3, 0.4) is 0 Å². The molecule has 0 aliphatic carbocycles. The van der Waals surface area contributed by atoms with E-state index >= 15 is 0 Å². The van der Waals surface area contributed by atoms with Crippen LogP contribution in [0.4, 0.5) is 0 Å². The van der Waals surface area contributed by atoms with Crippen LogP contribution < -0.4 is 5.32 Å². The first-order valence-electron chi connectivity index (χ1n) is 6.04. The van der Waals surface area contributed by atoms with Crippen LogP contribution in [0.15, 0.2) is 48.5 Å². The van der Waals surface area contributed by atoms with Gasteiger partial charge < -0.3 is 5.32 Å². The zero-order valence-electron chi connectivity index (χ0n) is 10.5. The largest absolute Gasteiger partial charge is 0.309 e. The van der Waals surface area contributed by atoms with Crippen molar-refractivity contribution in [2.45, 2.75) is 20.0 Å². The van der Waals surface area contributed by atoms with Gasteiger partial charge in [0.1, 0.15) is 0 Å². The lowest BCUT2D eigenvalue weighted by atomic mass is 10.1. The summed E-state index contributed by atoms with van der Waals surface area (Å²) in [6.07, 6.45) is 0. The Labute approximate surface area is 108 Å². The molecule has 0 spiro atoms. The first-order chi connectivity index (χ1) is 8.79. The van der Waals surface area contributed by atoms with Crippen molar-refractivity contribution in [3.05, 3.63) is 70.8 Å². The van der Waals surface area contributed by atoms with E-state index < -0.39 is 0 Å². The van der Waals surface area contributed by atoms with Gasteiger partial charge in [-0.2, -0.15) is 5.26 Å². The van der Waals surface area contributed by atoms with Crippen molar-refractivity contribution in [1.29, 1.82) is 5.26 Å². The van der Waals surface area contributed by atoms with Gasteiger partial charge in [-0.3, -0.25) is 0 Å². The molecule has 18 heavy (non-hydrogen) atoms. The highest BCUT2D eigenvalue weighted by molar-refractivity contribution is 5.31. The molecule has 0 fully saturated rings. The fourth-order valence-corrected chi connectivity index (χ4v) is 1.85. The normalized spacial score (nSPS) is 10.0. The second-order valence-corrected chi connectivity index (χ2v) is 4.34. The van der Waals surface area contributed by atoms with E-state index in [9.17, 15) is 0 Å². The molecule has 1 N–H and O–H groups in total. The lowest BCUT2D eigenvalue weighted by Crippen LogP contribution is -2.13. The highest BCUT2D eigenvalue weighted by atomic mass is 14.8. The van der Waals surface area contributed by atoms with Crippen LogP contribution in [-0.2, 0) is 13.1 Å². The second-order valence-electron chi connectivity index (χ2n) is 4.34. The molecule has 2 aromatic rings. The van der Waals surface area contributed by atoms with E-state index in [0.29, 0.717) is 5.56 Å². The molecule has 0 saturated carbocycles. The Hall–Kier alpha value is -2.11. The Morgan fingerprint density at radius 2 is 1.72 bits per heavy atom. The molecule has 90 valence electrons. The summed E-state index contributed by atoms with van der Waals surface area (Å²) in [5, 5.41) is 12.1. The SMILES string of the molecule is Cc1ccccc1CNCc1ccc(C#N)cc1. The first-order valence-corrected chi connectivity index (χ1v) is 6.04. The van der Waals surface area contributed by atoms with Gasteiger partial charge in [0.05, 0.1) is 11.6 Å². The summed E-state index contributed by atoms with van der Waals surface area (Å²) in [5.41, 5.74) is 4.54. The van der Waals surface area contributed by atoms with Gasteiger partial charge in [0.15, 0.2) is 0 Å². The van der Waals surface area contributed by atoms with Crippen molar-refractivity contribution in [2.24, 2.45) is 0 Å². The highest BCUT2D eigenvalue weighted by Gasteiger charge is 1.97. The average molecular weight is 236 g/mol. The fourth-order valence-electron chi connectivity index (χ4n) is 1.85. The molecule has 0 amide bonds. The van der Waals surface area contributed by atoms with Crippen molar-refractivity contribution >= 4 is 0 Å². The maximum absolute atomic E-state index is 8.72. The summed E-state index contributed by atoms with van der Waals surface area (Å²) < 4.78 is 0. The smallest absolute Gasteiger partial charge is 0.0991 e. The van der Waals surface area contributed by atoms with Gasteiger partial charge in [-0.1, -0.05) is 36.4 Å². The highest BCUT2D eigenvalue weighted by Crippen LogP contribution is 2.07. The fraction of sp³-hybridized carbons (Fsp3) is 0.188. The third-order valence-corrected chi connectivity index (χ3v) is 2.99. The maximum Gasteiger partial charge on any atom is 0.0991 e. The van der Waals surface area contributed by atoms with Gasteiger partial charge in [-0.25, -0.2) is 0 Å². The minimum atomic E-state index is 0.706. The Balaban J connectivity index is 1.89. The summed E-state index contributed by atoms with van der Waals surface area (Å²) in [5.74, 6) is 0. The number of nitrogens with one attached hydrogen (secondary N) is 1. The molecule has 0 aromatic heterocycles. The number of nitriles is 1. The number of nitrogens with zero attached hydrogens (tertiary/aromatic N) is 1. The molecule has 2 aromatic carbocycles. The third-order valence-electron chi connectivity index (χ3n) is 2.99. The van der Waals surface area contributed by atoms with E-state index in [4.69, 9.17) is 5.26 Å². The van der Waals surface area contributed by atoms with Gasteiger partial charge >= 0.3 is 0 Å².